The Kier molecular flexibility index (Phi) is 5.27. The van der Waals surface area contributed by atoms with Crippen LogP contribution in [0.25, 0.3) is 0 Å². The quantitative estimate of drug-likeness (QED) is 0.880. The number of rotatable bonds is 6. The summed E-state index contributed by atoms with van der Waals surface area (Å²) in [5.74, 6) is 1.61. The van der Waals surface area contributed by atoms with Gasteiger partial charge in [-0.2, -0.15) is 0 Å². The predicted octanol–water partition coefficient (Wildman–Crippen LogP) is 3.82. The molecule has 0 saturated heterocycles. The van der Waals surface area contributed by atoms with Gasteiger partial charge in [-0.3, -0.25) is 0 Å². The summed E-state index contributed by atoms with van der Waals surface area (Å²) in [7, 11) is 0. The van der Waals surface area contributed by atoms with Gasteiger partial charge >= 0.3 is 0 Å². The van der Waals surface area contributed by atoms with Crippen molar-refractivity contribution in [3.05, 3.63) is 59.1 Å². The van der Waals surface area contributed by atoms with E-state index in [9.17, 15) is 0 Å². The zero-order chi connectivity index (χ0) is 14.4. The standard InChI is InChI=1S/C16H18ClNO2/c1-2-19-14-7-9-15(10-8-14)20-11-16(18)12-3-5-13(17)6-4-12/h3-10,16H,2,11,18H2,1H3. The summed E-state index contributed by atoms with van der Waals surface area (Å²) < 4.78 is 11.0. The van der Waals surface area contributed by atoms with Crippen LogP contribution in [0.5, 0.6) is 11.5 Å². The van der Waals surface area contributed by atoms with E-state index in [1.807, 2.05) is 55.5 Å². The van der Waals surface area contributed by atoms with Crippen molar-refractivity contribution in [1.82, 2.24) is 0 Å². The van der Waals surface area contributed by atoms with Crippen molar-refractivity contribution < 1.29 is 9.47 Å². The molecule has 2 aromatic carbocycles. The van der Waals surface area contributed by atoms with Gasteiger partial charge in [0.1, 0.15) is 18.1 Å². The summed E-state index contributed by atoms with van der Waals surface area (Å²) in [5.41, 5.74) is 7.08. The predicted molar refractivity (Wildman–Crippen MR) is 81.5 cm³/mol. The fraction of sp³-hybridized carbons (Fsp3) is 0.250. The second-order valence-corrected chi connectivity index (χ2v) is 4.81. The van der Waals surface area contributed by atoms with Crippen molar-refractivity contribution in [2.45, 2.75) is 13.0 Å². The van der Waals surface area contributed by atoms with Crippen molar-refractivity contribution in [3.63, 3.8) is 0 Å². The lowest BCUT2D eigenvalue weighted by molar-refractivity contribution is 0.289. The van der Waals surface area contributed by atoms with Crippen LogP contribution in [0.3, 0.4) is 0 Å². The average Bonchev–Trinajstić information content (AvgIpc) is 2.47. The highest BCUT2D eigenvalue weighted by atomic mass is 35.5. The molecule has 20 heavy (non-hydrogen) atoms. The summed E-state index contributed by atoms with van der Waals surface area (Å²) in [4.78, 5) is 0. The largest absolute Gasteiger partial charge is 0.494 e. The Hall–Kier alpha value is -1.71. The molecule has 0 aromatic heterocycles. The number of hydrogen-bond donors (Lipinski definition) is 1. The van der Waals surface area contributed by atoms with E-state index in [0.717, 1.165) is 17.1 Å². The van der Waals surface area contributed by atoms with Crippen molar-refractivity contribution in [2.24, 2.45) is 5.73 Å². The molecule has 0 radical (unpaired) electrons. The van der Waals surface area contributed by atoms with Crippen LogP contribution < -0.4 is 15.2 Å². The van der Waals surface area contributed by atoms with Gasteiger partial charge in [-0.05, 0) is 48.9 Å². The Labute approximate surface area is 124 Å². The zero-order valence-electron chi connectivity index (χ0n) is 11.4. The molecule has 2 aromatic rings. The minimum Gasteiger partial charge on any atom is -0.494 e. The summed E-state index contributed by atoms with van der Waals surface area (Å²) >= 11 is 5.85. The Balaban J connectivity index is 1.89. The van der Waals surface area contributed by atoms with Crippen molar-refractivity contribution in [3.8, 4) is 11.5 Å². The van der Waals surface area contributed by atoms with E-state index in [-0.39, 0.29) is 6.04 Å². The molecule has 2 N–H and O–H groups in total. The maximum absolute atomic E-state index is 6.08. The molecule has 0 aliphatic carbocycles. The Morgan fingerprint density at radius 2 is 1.50 bits per heavy atom. The van der Waals surface area contributed by atoms with E-state index in [1.165, 1.54) is 0 Å². The van der Waals surface area contributed by atoms with E-state index in [1.54, 1.807) is 0 Å². The third-order valence-corrected chi connectivity index (χ3v) is 3.11. The molecule has 0 aliphatic rings. The second-order valence-electron chi connectivity index (χ2n) is 4.37. The van der Waals surface area contributed by atoms with Gasteiger partial charge in [0.05, 0.1) is 12.6 Å². The lowest BCUT2D eigenvalue weighted by atomic mass is 10.1. The summed E-state index contributed by atoms with van der Waals surface area (Å²) in [5, 5.41) is 0.702. The first-order valence-electron chi connectivity index (χ1n) is 6.55. The van der Waals surface area contributed by atoms with Crippen LogP contribution in [0.1, 0.15) is 18.5 Å². The van der Waals surface area contributed by atoms with Gasteiger partial charge in [-0.15, -0.1) is 0 Å². The van der Waals surface area contributed by atoms with Gasteiger partial charge in [0.2, 0.25) is 0 Å². The maximum atomic E-state index is 6.08. The van der Waals surface area contributed by atoms with E-state index >= 15 is 0 Å². The molecule has 0 fully saturated rings. The highest BCUT2D eigenvalue weighted by molar-refractivity contribution is 6.30. The molecule has 2 rings (SSSR count). The maximum Gasteiger partial charge on any atom is 0.119 e. The molecule has 106 valence electrons. The first-order valence-corrected chi connectivity index (χ1v) is 6.93. The van der Waals surface area contributed by atoms with Crippen molar-refractivity contribution in [2.75, 3.05) is 13.2 Å². The third kappa shape index (κ3) is 4.15. The molecule has 0 bridgehead atoms. The summed E-state index contributed by atoms with van der Waals surface area (Å²) in [6.07, 6.45) is 0. The zero-order valence-corrected chi connectivity index (χ0v) is 12.1. The molecule has 0 spiro atoms. The fourth-order valence-corrected chi connectivity index (χ4v) is 1.92. The molecule has 0 aliphatic heterocycles. The molecule has 4 heteroatoms. The molecule has 0 amide bonds. The number of nitrogens with two attached hydrogens (primary N) is 1. The Morgan fingerprint density at radius 1 is 0.950 bits per heavy atom. The van der Waals surface area contributed by atoms with Gasteiger partial charge in [0.25, 0.3) is 0 Å². The number of hydrogen-bond acceptors (Lipinski definition) is 3. The van der Waals surface area contributed by atoms with Crippen molar-refractivity contribution >= 4 is 11.6 Å². The van der Waals surface area contributed by atoms with E-state index in [4.69, 9.17) is 26.8 Å². The minimum atomic E-state index is -0.182. The van der Waals surface area contributed by atoms with Crippen LogP contribution in [-0.4, -0.2) is 13.2 Å². The van der Waals surface area contributed by atoms with Gasteiger partial charge in [-0.1, -0.05) is 23.7 Å². The van der Waals surface area contributed by atoms with E-state index in [0.29, 0.717) is 18.2 Å². The second kappa shape index (κ2) is 7.17. The lowest BCUT2D eigenvalue weighted by Crippen LogP contribution is -2.18. The van der Waals surface area contributed by atoms with Crippen LogP contribution in [0, 0.1) is 0 Å². The van der Waals surface area contributed by atoms with Gasteiger partial charge in [0, 0.05) is 5.02 Å². The minimum absolute atomic E-state index is 0.182. The first kappa shape index (κ1) is 14.7. The van der Waals surface area contributed by atoms with Crippen LogP contribution in [-0.2, 0) is 0 Å². The van der Waals surface area contributed by atoms with Crippen molar-refractivity contribution in [1.29, 1.82) is 0 Å². The van der Waals surface area contributed by atoms with Gasteiger partial charge in [-0.25, -0.2) is 0 Å². The van der Waals surface area contributed by atoms with E-state index < -0.39 is 0 Å². The highest BCUT2D eigenvalue weighted by Gasteiger charge is 2.07. The Bertz CT molecular complexity index is 525. The molecule has 1 unspecified atom stereocenters. The molecular weight excluding hydrogens is 274 g/mol. The summed E-state index contributed by atoms with van der Waals surface area (Å²) in [6, 6.07) is 14.8. The molecule has 1 atom stereocenters. The first-order chi connectivity index (χ1) is 9.69. The monoisotopic (exact) mass is 291 g/mol. The number of ether oxygens (including phenoxy) is 2. The lowest BCUT2D eigenvalue weighted by Gasteiger charge is -2.14. The number of halogens is 1. The highest BCUT2D eigenvalue weighted by Crippen LogP contribution is 2.20. The molecule has 0 heterocycles. The van der Waals surface area contributed by atoms with Crippen LogP contribution in [0.4, 0.5) is 0 Å². The normalized spacial score (nSPS) is 11.9. The number of benzene rings is 2. The summed E-state index contributed by atoms with van der Waals surface area (Å²) in [6.45, 7) is 3.02. The SMILES string of the molecule is CCOc1ccc(OCC(N)c2ccc(Cl)cc2)cc1. The third-order valence-electron chi connectivity index (χ3n) is 2.86. The van der Waals surface area contributed by atoms with E-state index in [2.05, 4.69) is 0 Å². The topological polar surface area (TPSA) is 44.5 Å². The Morgan fingerprint density at radius 3 is 2.05 bits per heavy atom. The molecular formula is C16H18ClNO2. The van der Waals surface area contributed by atoms with Crippen LogP contribution in [0.2, 0.25) is 5.02 Å². The fourth-order valence-electron chi connectivity index (χ4n) is 1.79. The average molecular weight is 292 g/mol. The van der Waals surface area contributed by atoms with Gasteiger partial charge < -0.3 is 15.2 Å². The molecule has 3 nitrogen and oxygen atoms in total. The van der Waals surface area contributed by atoms with Gasteiger partial charge in [0.15, 0.2) is 0 Å². The molecule has 0 saturated carbocycles. The van der Waals surface area contributed by atoms with Crippen LogP contribution in [0.15, 0.2) is 48.5 Å². The van der Waals surface area contributed by atoms with Crippen LogP contribution >= 0.6 is 11.6 Å². The smallest absolute Gasteiger partial charge is 0.119 e.